The second-order valence-corrected chi connectivity index (χ2v) is 5.68. The van der Waals surface area contributed by atoms with Gasteiger partial charge in [-0.05, 0) is 53.5 Å². The molecule has 4 rings (SSSR count). The number of benzene rings is 2. The van der Waals surface area contributed by atoms with E-state index in [1.807, 2.05) is 12.1 Å². The van der Waals surface area contributed by atoms with Crippen LogP contribution in [-0.4, -0.2) is 20.2 Å². The molecule has 0 bridgehead atoms. The van der Waals surface area contributed by atoms with Gasteiger partial charge in [0.05, 0.1) is 11.7 Å². The van der Waals surface area contributed by atoms with Crippen molar-refractivity contribution in [2.24, 2.45) is 0 Å². The minimum absolute atomic E-state index is 0.270. The lowest BCUT2D eigenvalue weighted by Crippen LogP contribution is -2.12. The van der Waals surface area contributed by atoms with Gasteiger partial charge < -0.3 is 5.32 Å². The number of hydrogen-bond acceptors (Lipinski definition) is 4. The molecule has 0 radical (unpaired) electrons. The summed E-state index contributed by atoms with van der Waals surface area (Å²) in [5, 5.41) is 15.6. The first-order valence-corrected chi connectivity index (χ1v) is 7.51. The summed E-state index contributed by atoms with van der Waals surface area (Å²) in [5.41, 5.74) is 4.94. The molecule has 0 aliphatic heterocycles. The van der Waals surface area contributed by atoms with Gasteiger partial charge in [-0.2, -0.15) is 4.68 Å². The molecule has 22 heavy (non-hydrogen) atoms. The van der Waals surface area contributed by atoms with Gasteiger partial charge in [-0.3, -0.25) is 0 Å². The molecule has 110 valence electrons. The summed E-state index contributed by atoms with van der Waals surface area (Å²) >= 11 is 0. The van der Waals surface area contributed by atoms with Crippen LogP contribution in [-0.2, 0) is 6.42 Å². The molecule has 0 saturated carbocycles. The van der Waals surface area contributed by atoms with Crippen LogP contribution in [0.1, 0.15) is 29.2 Å². The van der Waals surface area contributed by atoms with Crippen molar-refractivity contribution in [3.8, 4) is 5.69 Å². The van der Waals surface area contributed by atoms with Crippen molar-refractivity contribution in [2.45, 2.75) is 25.8 Å². The van der Waals surface area contributed by atoms with Gasteiger partial charge in [0.25, 0.3) is 0 Å². The summed E-state index contributed by atoms with van der Waals surface area (Å²) < 4.78 is 1.75. The fourth-order valence-electron chi connectivity index (χ4n) is 3.00. The van der Waals surface area contributed by atoms with E-state index in [4.69, 9.17) is 0 Å². The third-order valence-corrected chi connectivity index (χ3v) is 4.18. The third kappa shape index (κ3) is 2.24. The Morgan fingerprint density at radius 2 is 1.91 bits per heavy atom. The summed E-state index contributed by atoms with van der Waals surface area (Å²) in [6.07, 6.45) is 2.17. The van der Waals surface area contributed by atoms with Gasteiger partial charge in [0.2, 0.25) is 5.95 Å². The number of tetrazole rings is 1. The number of nitrogens with one attached hydrogen (secondary N) is 1. The van der Waals surface area contributed by atoms with Gasteiger partial charge in [0, 0.05) is 0 Å². The van der Waals surface area contributed by atoms with Crippen LogP contribution < -0.4 is 5.32 Å². The van der Waals surface area contributed by atoms with E-state index in [1.165, 1.54) is 16.7 Å². The fraction of sp³-hybridized carbons (Fsp3) is 0.235. The van der Waals surface area contributed by atoms with Crippen LogP contribution in [0.3, 0.4) is 0 Å². The third-order valence-electron chi connectivity index (χ3n) is 4.18. The second-order valence-electron chi connectivity index (χ2n) is 5.68. The maximum Gasteiger partial charge on any atom is 0.248 e. The molecule has 0 spiro atoms. The minimum atomic E-state index is 0.270. The van der Waals surface area contributed by atoms with E-state index in [9.17, 15) is 0 Å². The first-order valence-electron chi connectivity index (χ1n) is 7.51. The van der Waals surface area contributed by atoms with Crippen molar-refractivity contribution in [3.63, 3.8) is 0 Å². The van der Waals surface area contributed by atoms with Crippen LogP contribution in [0.25, 0.3) is 5.69 Å². The van der Waals surface area contributed by atoms with Gasteiger partial charge in [0.1, 0.15) is 0 Å². The van der Waals surface area contributed by atoms with Crippen LogP contribution in [0.4, 0.5) is 5.95 Å². The van der Waals surface area contributed by atoms with E-state index in [2.05, 4.69) is 64.2 Å². The molecular weight excluding hydrogens is 274 g/mol. The highest BCUT2D eigenvalue weighted by molar-refractivity contribution is 5.44. The SMILES string of the molecule is Cc1ccc(-n2nnnc2N[C@H]2CCc3ccccc32)cc1. The summed E-state index contributed by atoms with van der Waals surface area (Å²) in [6, 6.07) is 17.0. The molecule has 5 heteroatoms. The summed E-state index contributed by atoms with van der Waals surface area (Å²) in [6.45, 7) is 2.07. The molecule has 3 aromatic rings. The van der Waals surface area contributed by atoms with E-state index in [0.717, 1.165) is 18.5 Å². The number of aryl methyl sites for hydroxylation is 2. The van der Waals surface area contributed by atoms with Crippen molar-refractivity contribution in [1.82, 2.24) is 20.2 Å². The van der Waals surface area contributed by atoms with E-state index >= 15 is 0 Å². The maximum atomic E-state index is 4.14. The number of nitrogens with zero attached hydrogens (tertiary/aromatic N) is 4. The lowest BCUT2D eigenvalue weighted by molar-refractivity contribution is 0.737. The van der Waals surface area contributed by atoms with Gasteiger partial charge >= 0.3 is 0 Å². The Morgan fingerprint density at radius 1 is 1.09 bits per heavy atom. The molecule has 0 fully saturated rings. The van der Waals surface area contributed by atoms with Crippen molar-refractivity contribution >= 4 is 5.95 Å². The Hall–Kier alpha value is -2.69. The highest BCUT2D eigenvalue weighted by atomic mass is 15.6. The van der Waals surface area contributed by atoms with Crippen molar-refractivity contribution in [3.05, 3.63) is 65.2 Å². The van der Waals surface area contributed by atoms with Gasteiger partial charge in [0.15, 0.2) is 0 Å². The molecule has 2 aromatic carbocycles. The van der Waals surface area contributed by atoms with Crippen molar-refractivity contribution < 1.29 is 0 Å². The van der Waals surface area contributed by atoms with E-state index in [-0.39, 0.29) is 6.04 Å². The molecule has 0 saturated heterocycles. The largest absolute Gasteiger partial charge is 0.346 e. The smallest absolute Gasteiger partial charge is 0.248 e. The minimum Gasteiger partial charge on any atom is -0.346 e. The van der Waals surface area contributed by atoms with Gasteiger partial charge in [-0.1, -0.05) is 47.1 Å². The monoisotopic (exact) mass is 291 g/mol. The van der Waals surface area contributed by atoms with E-state index in [1.54, 1.807) is 4.68 Å². The lowest BCUT2D eigenvalue weighted by Gasteiger charge is -2.14. The average Bonchev–Trinajstić information content (AvgIpc) is 3.16. The molecule has 1 atom stereocenters. The molecule has 1 heterocycles. The number of hydrogen-bond donors (Lipinski definition) is 1. The Morgan fingerprint density at radius 3 is 2.77 bits per heavy atom. The molecular formula is C17H17N5. The Kier molecular flexibility index (Phi) is 3.11. The van der Waals surface area contributed by atoms with Crippen molar-refractivity contribution in [1.29, 1.82) is 0 Å². The van der Waals surface area contributed by atoms with Gasteiger partial charge in [-0.25, -0.2) is 0 Å². The average molecular weight is 291 g/mol. The topological polar surface area (TPSA) is 55.6 Å². The predicted molar refractivity (Wildman–Crippen MR) is 85.0 cm³/mol. The Bertz CT molecular complexity index is 791. The standard InChI is InChI=1S/C17H17N5/c1-12-6-9-14(10-7-12)22-17(19-20-21-22)18-16-11-8-13-4-2-3-5-15(13)16/h2-7,9-10,16H,8,11H2,1H3,(H,18,19,21)/t16-/m0/s1. The summed E-state index contributed by atoms with van der Waals surface area (Å²) in [7, 11) is 0. The first kappa shape index (κ1) is 13.0. The van der Waals surface area contributed by atoms with Crippen LogP contribution in [0, 0.1) is 6.92 Å². The number of rotatable bonds is 3. The highest BCUT2D eigenvalue weighted by Crippen LogP contribution is 2.33. The van der Waals surface area contributed by atoms with Crippen LogP contribution in [0.5, 0.6) is 0 Å². The number of anilines is 1. The quantitative estimate of drug-likeness (QED) is 0.805. The van der Waals surface area contributed by atoms with Crippen LogP contribution >= 0.6 is 0 Å². The van der Waals surface area contributed by atoms with Crippen LogP contribution in [0.2, 0.25) is 0 Å². The van der Waals surface area contributed by atoms with Gasteiger partial charge in [-0.15, -0.1) is 0 Å². The zero-order chi connectivity index (χ0) is 14.9. The predicted octanol–water partition coefficient (Wildman–Crippen LogP) is 3.07. The van der Waals surface area contributed by atoms with Crippen LogP contribution in [0.15, 0.2) is 48.5 Å². The zero-order valence-electron chi connectivity index (χ0n) is 12.4. The highest BCUT2D eigenvalue weighted by Gasteiger charge is 2.23. The number of fused-ring (bicyclic) bond motifs is 1. The summed E-state index contributed by atoms with van der Waals surface area (Å²) in [4.78, 5) is 0. The van der Waals surface area contributed by atoms with Crippen molar-refractivity contribution in [2.75, 3.05) is 5.32 Å². The van der Waals surface area contributed by atoms with E-state index in [0.29, 0.717) is 5.95 Å². The first-order chi connectivity index (χ1) is 10.8. The molecule has 0 unspecified atom stereocenters. The Balaban J connectivity index is 1.63. The van der Waals surface area contributed by atoms with E-state index < -0.39 is 0 Å². The molecule has 1 aromatic heterocycles. The second kappa shape index (κ2) is 5.26. The molecule has 5 nitrogen and oxygen atoms in total. The number of aromatic nitrogens is 4. The molecule has 1 N–H and O–H groups in total. The fourth-order valence-corrected chi connectivity index (χ4v) is 3.00. The zero-order valence-corrected chi connectivity index (χ0v) is 12.4. The molecule has 1 aliphatic rings. The molecule has 1 aliphatic carbocycles. The normalized spacial score (nSPS) is 16.5. The Labute approximate surface area is 129 Å². The maximum absolute atomic E-state index is 4.14. The molecule has 0 amide bonds. The lowest BCUT2D eigenvalue weighted by atomic mass is 10.1. The summed E-state index contributed by atoms with van der Waals surface area (Å²) in [5.74, 6) is 0.686.